The summed E-state index contributed by atoms with van der Waals surface area (Å²) < 4.78 is 24.7. The molecule has 0 aliphatic heterocycles. The molecule has 0 aliphatic rings. The lowest BCUT2D eigenvalue weighted by Gasteiger charge is -2.05. The lowest BCUT2D eigenvalue weighted by molar-refractivity contribution is 0.151. The number of nitrogen functional groups attached to an aromatic ring is 1. The van der Waals surface area contributed by atoms with Gasteiger partial charge in [-0.25, -0.2) is 13.8 Å². The number of nitrogens with zero attached hydrogens (tertiary/aromatic N) is 1. The molecule has 0 unspecified atom stereocenters. The molecule has 66 valence electrons. The third-order valence-corrected chi connectivity index (χ3v) is 3.07. The van der Waals surface area contributed by atoms with Gasteiger partial charge in [-0.15, -0.1) is 0 Å². The van der Waals surface area contributed by atoms with E-state index in [2.05, 4.69) is 4.98 Å². The van der Waals surface area contributed by atoms with Gasteiger partial charge in [-0.1, -0.05) is 11.6 Å². The number of rotatable bonds is 1. The molecular formula is C6H4ClF2IN2. The van der Waals surface area contributed by atoms with Crippen molar-refractivity contribution >= 4 is 40.0 Å². The molecule has 0 fully saturated rings. The van der Waals surface area contributed by atoms with E-state index in [1.807, 2.05) is 0 Å². The minimum Gasteiger partial charge on any atom is -0.383 e. The van der Waals surface area contributed by atoms with Crippen LogP contribution in [0, 0.1) is 3.57 Å². The molecular weight excluding hydrogens is 300 g/mol. The van der Waals surface area contributed by atoms with Crippen LogP contribution in [0.25, 0.3) is 0 Å². The second kappa shape index (κ2) is 3.69. The lowest BCUT2D eigenvalue weighted by Crippen LogP contribution is -1.98. The Bertz CT molecular complexity index is 306. The average Bonchev–Trinajstić information content (AvgIpc) is 2.00. The van der Waals surface area contributed by atoms with Gasteiger partial charge in [0.15, 0.2) is 0 Å². The summed E-state index contributed by atoms with van der Waals surface area (Å²) in [5.41, 5.74) is 5.06. The predicted molar refractivity (Wildman–Crippen MR) is 51.3 cm³/mol. The molecule has 1 heterocycles. The van der Waals surface area contributed by atoms with Gasteiger partial charge < -0.3 is 5.73 Å². The van der Waals surface area contributed by atoms with Crippen LogP contribution < -0.4 is 5.73 Å². The lowest BCUT2D eigenvalue weighted by atomic mass is 10.3. The van der Waals surface area contributed by atoms with Crippen molar-refractivity contribution in [2.45, 2.75) is 6.43 Å². The maximum absolute atomic E-state index is 12.2. The molecule has 6 heteroatoms. The van der Waals surface area contributed by atoms with Gasteiger partial charge in [-0.2, -0.15) is 0 Å². The van der Waals surface area contributed by atoms with Gasteiger partial charge >= 0.3 is 0 Å². The Morgan fingerprint density at radius 3 is 2.67 bits per heavy atom. The van der Waals surface area contributed by atoms with Crippen LogP contribution in [0.5, 0.6) is 0 Å². The van der Waals surface area contributed by atoms with Crippen LogP contribution in [-0.2, 0) is 0 Å². The van der Waals surface area contributed by atoms with Crippen LogP contribution in [0.15, 0.2) is 6.20 Å². The molecule has 0 atom stereocenters. The van der Waals surface area contributed by atoms with E-state index in [4.69, 9.17) is 17.3 Å². The molecule has 0 bridgehead atoms. The standard InChI is InChI=1S/C6H4ClF2IN2/c7-3-2(5(8)9)1-12-6(11)4(3)10/h1,5H,(H2,11,12). The zero-order valence-corrected chi connectivity index (χ0v) is 8.60. The Hall–Kier alpha value is -0.170. The van der Waals surface area contributed by atoms with Gasteiger partial charge in [0.2, 0.25) is 0 Å². The fraction of sp³-hybridized carbons (Fsp3) is 0.167. The second-order valence-corrected chi connectivity index (χ2v) is 3.48. The van der Waals surface area contributed by atoms with E-state index in [-0.39, 0.29) is 16.4 Å². The van der Waals surface area contributed by atoms with E-state index >= 15 is 0 Å². The SMILES string of the molecule is Nc1ncc(C(F)F)c(Cl)c1I. The molecule has 1 aromatic rings. The quantitative estimate of drug-likeness (QED) is 0.810. The van der Waals surface area contributed by atoms with Gasteiger partial charge in [-0.3, -0.25) is 0 Å². The van der Waals surface area contributed by atoms with Crippen LogP contribution >= 0.6 is 34.2 Å². The predicted octanol–water partition coefficient (Wildman–Crippen LogP) is 2.86. The molecule has 1 rings (SSSR count). The number of hydrogen-bond donors (Lipinski definition) is 1. The number of halogens is 4. The first-order valence-corrected chi connectivity index (χ1v) is 4.37. The monoisotopic (exact) mass is 304 g/mol. The van der Waals surface area contributed by atoms with Gasteiger partial charge in [0.05, 0.1) is 14.2 Å². The highest BCUT2D eigenvalue weighted by Crippen LogP contribution is 2.31. The molecule has 0 saturated heterocycles. The highest BCUT2D eigenvalue weighted by molar-refractivity contribution is 14.1. The van der Waals surface area contributed by atoms with Gasteiger partial charge in [0.25, 0.3) is 6.43 Å². The van der Waals surface area contributed by atoms with Crippen molar-refractivity contribution < 1.29 is 8.78 Å². The minimum absolute atomic E-state index is 0.0156. The molecule has 0 aromatic carbocycles. The van der Waals surface area contributed by atoms with E-state index in [0.717, 1.165) is 6.20 Å². The molecule has 0 saturated carbocycles. The summed E-state index contributed by atoms with van der Waals surface area (Å²) in [6, 6.07) is 0. The maximum Gasteiger partial charge on any atom is 0.266 e. The molecule has 2 nitrogen and oxygen atoms in total. The zero-order valence-electron chi connectivity index (χ0n) is 5.69. The minimum atomic E-state index is -2.61. The first kappa shape index (κ1) is 9.91. The molecule has 2 N–H and O–H groups in total. The number of hydrogen-bond acceptors (Lipinski definition) is 2. The third kappa shape index (κ3) is 1.77. The van der Waals surface area contributed by atoms with Crippen LogP contribution in [0.4, 0.5) is 14.6 Å². The molecule has 0 amide bonds. The van der Waals surface area contributed by atoms with Crippen LogP contribution in [-0.4, -0.2) is 4.98 Å². The van der Waals surface area contributed by atoms with Gasteiger partial charge in [-0.05, 0) is 22.6 Å². The largest absolute Gasteiger partial charge is 0.383 e. The van der Waals surface area contributed by atoms with E-state index in [0.29, 0.717) is 3.57 Å². The van der Waals surface area contributed by atoms with Crippen molar-refractivity contribution in [1.29, 1.82) is 0 Å². The normalized spacial score (nSPS) is 10.8. The van der Waals surface area contributed by atoms with Gasteiger partial charge in [0, 0.05) is 6.20 Å². The van der Waals surface area contributed by atoms with E-state index in [1.165, 1.54) is 0 Å². The summed E-state index contributed by atoms with van der Waals surface area (Å²) in [4.78, 5) is 3.57. The van der Waals surface area contributed by atoms with Crippen molar-refractivity contribution in [3.05, 3.63) is 20.4 Å². The summed E-state index contributed by atoms with van der Waals surface area (Å²) in [6.07, 6.45) is -1.62. The Morgan fingerprint density at radius 2 is 2.17 bits per heavy atom. The Labute approximate surface area is 86.3 Å². The first-order valence-electron chi connectivity index (χ1n) is 2.91. The van der Waals surface area contributed by atoms with E-state index in [1.54, 1.807) is 22.6 Å². The fourth-order valence-electron chi connectivity index (χ4n) is 0.644. The van der Waals surface area contributed by atoms with Crippen LogP contribution in [0.2, 0.25) is 5.02 Å². The second-order valence-electron chi connectivity index (χ2n) is 2.03. The molecule has 1 aromatic heterocycles. The Morgan fingerprint density at radius 1 is 1.58 bits per heavy atom. The van der Waals surface area contributed by atoms with Crippen molar-refractivity contribution in [2.24, 2.45) is 0 Å². The highest BCUT2D eigenvalue weighted by atomic mass is 127. The summed E-state index contributed by atoms with van der Waals surface area (Å²) in [5.74, 6) is 0.171. The average molecular weight is 304 g/mol. The maximum atomic E-state index is 12.2. The smallest absolute Gasteiger partial charge is 0.266 e. The van der Waals surface area contributed by atoms with Crippen molar-refractivity contribution in [3.8, 4) is 0 Å². The van der Waals surface area contributed by atoms with Crippen LogP contribution in [0.1, 0.15) is 12.0 Å². The van der Waals surface area contributed by atoms with E-state index in [9.17, 15) is 8.78 Å². The molecule has 0 radical (unpaired) electrons. The molecule has 12 heavy (non-hydrogen) atoms. The van der Waals surface area contributed by atoms with Crippen molar-refractivity contribution in [2.75, 3.05) is 5.73 Å². The molecule has 0 spiro atoms. The first-order chi connectivity index (χ1) is 5.54. The van der Waals surface area contributed by atoms with Crippen molar-refractivity contribution in [3.63, 3.8) is 0 Å². The number of nitrogens with two attached hydrogens (primary N) is 1. The number of aromatic nitrogens is 1. The highest BCUT2D eigenvalue weighted by Gasteiger charge is 2.16. The summed E-state index contributed by atoms with van der Waals surface area (Å²) in [6.45, 7) is 0. The van der Waals surface area contributed by atoms with E-state index < -0.39 is 6.43 Å². The number of alkyl halides is 2. The summed E-state index contributed by atoms with van der Waals surface area (Å²) >= 11 is 7.36. The number of anilines is 1. The number of pyridine rings is 1. The third-order valence-electron chi connectivity index (χ3n) is 1.25. The van der Waals surface area contributed by atoms with Crippen LogP contribution in [0.3, 0.4) is 0 Å². The summed E-state index contributed by atoms with van der Waals surface area (Å²) in [5, 5.41) is -0.0156. The topological polar surface area (TPSA) is 38.9 Å². The summed E-state index contributed by atoms with van der Waals surface area (Å²) in [7, 11) is 0. The van der Waals surface area contributed by atoms with Crippen molar-refractivity contribution in [1.82, 2.24) is 4.98 Å². The Balaban J connectivity index is 3.27. The molecule has 0 aliphatic carbocycles. The van der Waals surface area contributed by atoms with Gasteiger partial charge in [0.1, 0.15) is 5.82 Å². The Kier molecular flexibility index (Phi) is 3.05. The zero-order chi connectivity index (χ0) is 9.30. The fourth-order valence-corrected chi connectivity index (χ4v) is 1.32.